The molecular formula is C18H27N5O3. The van der Waals surface area contributed by atoms with E-state index in [0.29, 0.717) is 25.7 Å². The number of nitrogens with zero attached hydrogens (tertiary/aromatic N) is 4. The predicted molar refractivity (Wildman–Crippen MR) is 98.1 cm³/mol. The van der Waals surface area contributed by atoms with Gasteiger partial charge < -0.3 is 20.5 Å². The van der Waals surface area contributed by atoms with Gasteiger partial charge in [-0.2, -0.15) is 9.61 Å². The predicted octanol–water partition coefficient (Wildman–Crippen LogP) is 1.07. The van der Waals surface area contributed by atoms with Crippen LogP contribution in [-0.4, -0.2) is 58.0 Å². The first-order valence-corrected chi connectivity index (χ1v) is 9.02. The van der Waals surface area contributed by atoms with Crippen LogP contribution >= 0.6 is 0 Å². The molecule has 1 saturated carbocycles. The molecule has 3 rings (SSSR count). The van der Waals surface area contributed by atoms with Crippen LogP contribution in [0, 0.1) is 0 Å². The molecule has 3 N–H and O–H groups in total. The maximum Gasteiger partial charge on any atom is 0.325 e. The topological polar surface area (TPSA) is 106 Å². The molecule has 0 bridgehead atoms. The first-order valence-electron chi connectivity index (χ1n) is 9.02. The fraction of sp³-hybridized carbons (Fsp3) is 0.611. The summed E-state index contributed by atoms with van der Waals surface area (Å²) >= 11 is 0. The van der Waals surface area contributed by atoms with Crippen LogP contribution in [0.5, 0.6) is 0 Å². The number of hydrogen-bond donors (Lipinski definition) is 2. The lowest BCUT2D eigenvalue weighted by molar-refractivity contribution is -0.153. The van der Waals surface area contributed by atoms with Gasteiger partial charge in [0, 0.05) is 37.8 Å². The minimum absolute atomic E-state index is 0.211. The Balaban J connectivity index is 1.78. The number of hydrogen-bond acceptors (Lipinski definition) is 7. The number of fused-ring (bicyclic) bond motifs is 1. The summed E-state index contributed by atoms with van der Waals surface area (Å²) in [6.45, 7) is 1.99. The molecule has 0 spiro atoms. The molecule has 1 aliphatic rings. The second kappa shape index (κ2) is 7.20. The molecular weight excluding hydrogens is 334 g/mol. The van der Waals surface area contributed by atoms with Gasteiger partial charge in [-0.3, -0.25) is 4.79 Å². The summed E-state index contributed by atoms with van der Waals surface area (Å²) in [6.07, 6.45) is 4.06. The van der Waals surface area contributed by atoms with Crippen LogP contribution in [0.1, 0.15) is 44.2 Å². The third-order valence-corrected chi connectivity index (χ3v) is 5.21. The molecule has 26 heavy (non-hydrogen) atoms. The fourth-order valence-electron chi connectivity index (χ4n) is 3.62. The van der Waals surface area contributed by atoms with Crippen LogP contribution < -0.4 is 10.6 Å². The second-order valence-corrected chi connectivity index (χ2v) is 7.14. The van der Waals surface area contributed by atoms with E-state index in [-0.39, 0.29) is 12.5 Å². The van der Waals surface area contributed by atoms with Gasteiger partial charge in [-0.1, -0.05) is 0 Å². The van der Waals surface area contributed by atoms with Gasteiger partial charge in [-0.15, -0.1) is 0 Å². The van der Waals surface area contributed by atoms with Crippen molar-refractivity contribution in [1.29, 1.82) is 0 Å². The molecule has 1 aliphatic carbocycles. The number of aromatic nitrogens is 3. The maximum absolute atomic E-state index is 11.9. The monoisotopic (exact) mass is 361 g/mol. The number of carbonyl (C=O) groups is 1. The lowest BCUT2D eigenvalue weighted by Crippen LogP contribution is -2.55. The molecule has 0 aliphatic heterocycles. The maximum atomic E-state index is 11.9. The zero-order valence-corrected chi connectivity index (χ0v) is 15.6. The second-order valence-electron chi connectivity index (χ2n) is 7.14. The van der Waals surface area contributed by atoms with Gasteiger partial charge >= 0.3 is 5.97 Å². The third kappa shape index (κ3) is 3.39. The number of aliphatic hydroxyl groups is 1. The van der Waals surface area contributed by atoms with Gasteiger partial charge in [0.05, 0.1) is 18.4 Å². The molecule has 0 aromatic carbocycles. The zero-order chi connectivity index (χ0) is 18.9. The van der Waals surface area contributed by atoms with Gasteiger partial charge in [-0.05, 0) is 32.6 Å². The van der Waals surface area contributed by atoms with Crippen LogP contribution in [0.25, 0.3) is 5.65 Å². The quantitative estimate of drug-likeness (QED) is 0.767. The van der Waals surface area contributed by atoms with E-state index in [4.69, 9.17) is 15.5 Å². The molecule has 2 heterocycles. The van der Waals surface area contributed by atoms with E-state index in [1.54, 1.807) is 17.6 Å². The summed E-state index contributed by atoms with van der Waals surface area (Å²) in [5.74, 6) is 0.629. The Hall–Kier alpha value is -2.19. The van der Waals surface area contributed by atoms with E-state index in [0.717, 1.165) is 17.2 Å². The highest BCUT2D eigenvalue weighted by Crippen LogP contribution is 2.39. The molecule has 2 aromatic rings. The van der Waals surface area contributed by atoms with Crippen molar-refractivity contribution in [2.75, 3.05) is 25.6 Å². The highest BCUT2D eigenvalue weighted by molar-refractivity contribution is 5.77. The largest absolute Gasteiger partial charge is 0.465 e. The lowest BCUT2D eigenvalue weighted by atomic mass is 9.74. The fourth-order valence-corrected chi connectivity index (χ4v) is 3.62. The van der Waals surface area contributed by atoms with Crippen LogP contribution in [0.15, 0.2) is 18.3 Å². The molecule has 0 saturated heterocycles. The number of carbonyl (C=O) groups excluding carboxylic acids is 1. The smallest absolute Gasteiger partial charge is 0.325 e. The van der Waals surface area contributed by atoms with Gasteiger partial charge in [0.25, 0.3) is 0 Å². The zero-order valence-electron chi connectivity index (χ0n) is 15.6. The Morgan fingerprint density at radius 2 is 2.19 bits per heavy atom. The number of esters is 1. The van der Waals surface area contributed by atoms with Crippen molar-refractivity contribution in [3.05, 3.63) is 24.0 Å². The molecule has 1 fully saturated rings. The van der Waals surface area contributed by atoms with Crippen molar-refractivity contribution in [1.82, 2.24) is 14.6 Å². The van der Waals surface area contributed by atoms with Crippen molar-refractivity contribution >= 4 is 17.4 Å². The lowest BCUT2D eigenvalue weighted by Gasteiger charge is -2.38. The van der Waals surface area contributed by atoms with Gasteiger partial charge in [0.15, 0.2) is 5.65 Å². The Bertz CT molecular complexity index is 780. The van der Waals surface area contributed by atoms with E-state index in [9.17, 15) is 9.90 Å². The Morgan fingerprint density at radius 3 is 2.81 bits per heavy atom. The standard InChI is InChI=1S/C18H27N5O3/c1-4-26-17(24)16(19)18(25)8-5-12(6-9-18)13-11-15(22(2)3)23-14(21-13)7-10-20-23/h7,10-12,16,25H,4-6,8-9,19H2,1-3H3. The van der Waals surface area contributed by atoms with Crippen LogP contribution in [-0.2, 0) is 9.53 Å². The van der Waals surface area contributed by atoms with E-state index < -0.39 is 17.6 Å². The minimum Gasteiger partial charge on any atom is -0.465 e. The third-order valence-electron chi connectivity index (χ3n) is 5.21. The molecule has 142 valence electrons. The Kier molecular flexibility index (Phi) is 5.15. The molecule has 8 nitrogen and oxygen atoms in total. The first-order chi connectivity index (χ1) is 12.4. The van der Waals surface area contributed by atoms with Crippen molar-refractivity contribution in [2.45, 2.75) is 50.2 Å². The molecule has 1 unspecified atom stereocenters. The van der Waals surface area contributed by atoms with Crippen LogP contribution in [0.3, 0.4) is 0 Å². The SMILES string of the molecule is CCOC(=O)C(N)C1(O)CCC(c2cc(N(C)C)n3nccc3n2)CC1. The molecule has 0 amide bonds. The summed E-state index contributed by atoms with van der Waals surface area (Å²) in [4.78, 5) is 18.6. The number of rotatable bonds is 5. The highest BCUT2D eigenvalue weighted by Gasteiger charge is 2.43. The average molecular weight is 361 g/mol. The number of nitrogens with two attached hydrogens (primary N) is 1. The first kappa shape index (κ1) is 18.6. The van der Waals surface area contributed by atoms with Gasteiger partial charge in [0.2, 0.25) is 0 Å². The van der Waals surface area contributed by atoms with E-state index in [1.807, 2.05) is 31.1 Å². The average Bonchev–Trinajstić information content (AvgIpc) is 3.09. The number of ether oxygens (including phenoxy) is 1. The summed E-state index contributed by atoms with van der Waals surface area (Å²) in [5.41, 5.74) is 6.53. The van der Waals surface area contributed by atoms with E-state index in [1.165, 1.54) is 0 Å². The normalized spacial score (nSPS) is 24.4. The molecule has 1 atom stereocenters. The number of anilines is 1. The van der Waals surface area contributed by atoms with Crippen molar-refractivity contribution < 1.29 is 14.6 Å². The van der Waals surface area contributed by atoms with Crippen molar-refractivity contribution in [2.24, 2.45) is 5.73 Å². The summed E-state index contributed by atoms with van der Waals surface area (Å²) in [7, 11) is 3.94. The summed E-state index contributed by atoms with van der Waals surface area (Å²) < 4.78 is 6.77. The van der Waals surface area contributed by atoms with Crippen LogP contribution in [0.2, 0.25) is 0 Å². The van der Waals surface area contributed by atoms with Crippen molar-refractivity contribution in [3.63, 3.8) is 0 Å². The Labute approximate surface area is 152 Å². The highest BCUT2D eigenvalue weighted by atomic mass is 16.5. The summed E-state index contributed by atoms with van der Waals surface area (Å²) in [6, 6.07) is 2.91. The van der Waals surface area contributed by atoms with Gasteiger partial charge in [-0.25, -0.2) is 4.98 Å². The summed E-state index contributed by atoms with van der Waals surface area (Å²) in [5, 5.41) is 15.1. The van der Waals surface area contributed by atoms with E-state index >= 15 is 0 Å². The molecule has 8 heteroatoms. The molecule has 2 aromatic heterocycles. The molecule has 0 radical (unpaired) electrons. The van der Waals surface area contributed by atoms with E-state index in [2.05, 4.69) is 5.10 Å². The minimum atomic E-state index is -1.21. The van der Waals surface area contributed by atoms with Crippen molar-refractivity contribution in [3.8, 4) is 0 Å². The Morgan fingerprint density at radius 1 is 1.50 bits per heavy atom. The van der Waals surface area contributed by atoms with Gasteiger partial charge in [0.1, 0.15) is 11.9 Å². The van der Waals surface area contributed by atoms with Crippen LogP contribution in [0.4, 0.5) is 5.82 Å².